The molecule has 78 valence electrons. The highest BCUT2D eigenvalue weighted by Crippen LogP contribution is 2.06. The molecule has 1 aliphatic rings. The first-order chi connectivity index (χ1) is 6.50. The second-order valence-corrected chi connectivity index (χ2v) is 3.01. The van der Waals surface area contributed by atoms with Crippen molar-refractivity contribution in [3.63, 3.8) is 0 Å². The number of carboxylic acids is 2. The molecule has 2 atom stereocenters. The molecule has 14 heavy (non-hydrogen) atoms. The van der Waals surface area contributed by atoms with Gasteiger partial charge in [-0.3, -0.25) is 9.59 Å². The first-order valence-corrected chi connectivity index (χ1v) is 4.00. The molecule has 1 fully saturated rings. The van der Waals surface area contributed by atoms with Crippen LogP contribution in [0.25, 0.3) is 0 Å². The summed E-state index contributed by atoms with van der Waals surface area (Å²) in [5, 5.41) is 21.7. The number of amides is 1. The number of carboxylic acid groups (broad SMARTS) is 2. The lowest BCUT2D eigenvalue weighted by atomic mass is 10.2. The van der Waals surface area contributed by atoms with Gasteiger partial charge >= 0.3 is 17.8 Å². The predicted octanol–water partition coefficient (Wildman–Crippen LogP) is -2.00. The standard InChI is InChI=1S/C7H10N2O5/c10-5(7(13)14)9-3-1-4(6(11)12)8-2-3/h3-4,8H,1-2H2,(H,9,10)(H,11,12)(H,13,14)/t3?,4-/m0/s1. The van der Waals surface area contributed by atoms with Crippen LogP contribution >= 0.6 is 0 Å². The van der Waals surface area contributed by atoms with Crippen LogP contribution < -0.4 is 10.6 Å². The van der Waals surface area contributed by atoms with Crippen LogP contribution in [0, 0.1) is 0 Å². The molecule has 1 amide bonds. The Bertz CT molecular complexity index is 277. The van der Waals surface area contributed by atoms with Gasteiger partial charge in [0.15, 0.2) is 0 Å². The molecule has 0 saturated carbocycles. The molecule has 1 rings (SSSR count). The molecule has 0 radical (unpaired) electrons. The largest absolute Gasteiger partial charge is 0.480 e. The van der Waals surface area contributed by atoms with Crippen LogP contribution in [0.15, 0.2) is 0 Å². The van der Waals surface area contributed by atoms with Gasteiger partial charge in [-0.05, 0) is 6.42 Å². The summed E-state index contributed by atoms with van der Waals surface area (Å²) in [5.74, 6) is -3.68. The first-order valence-electron chi connectivity index (χ1n) is 4.00. The highest BCUT2D eigenvalue weighted by molar-refractivity contribution is 6.31. The number of carbonyl (C=O) groups excluding carboxylic acids is 1. The summed E-state index contributed by atoms with van der Waals surface area (Å²) in [5.41, 5.74) is 0. The molecule has 0 aromatic carbocycles. The Kier molecular flexibility index (Phi) is 3.03. The van der Waals surface area contributed by atoms with Gasteiger partial charge in [0, 0.05) is 12.6 Å². The Labute approximate surface area is 79.1 Å². The van der Waals surface area contributed by atoms with E-state index in [1.807, 2.05) is 0 Å². The van der Waals surface area contributed by atoms with Gasteiger partial charge in [0.2, 0.25) is 0 Å². The van der Waals surface area contributed by atoms with E-state index in [0.29, 0.717) is 0 Å². The molecule has 7 heteroatoms. The topological polar surface area (TPSA) is 116 Å². The molecule has 1 aliphatic heterocycles. The van der Waals surface area contributed by atoms with Gasteiger partial charge in [-0.15, -0.1) is 0 Å². The number of aliphatic carboxylic acids is 2. The lowest BCUT2D eigenvalue weighted by Crippen LogP contribution is -2.40. The van der Waals surface area contributed by atoms with Gasteiger partial charge in [0.25, 0.3) is 0 Å². The van der Waals surface area contributed by atoms with Crippen LogP contribution in [0.4, 0.5) is 0 Å². The third-order valence-corrected chi connectivity index (χ3v) is 1.96. The van der Waals surface area contributed by atoms with Gasteiger partial charge in [-0.2, -0.15) is 0 Å². The summed E-state index contributed by atoms with van der Waals surface area (Å²) in [7, 11) is 0. The molecule has 0 bridgehead atoms. The minimum Gasteiger partial charge on any atom is -0.480 e. The summed E-state index contributed by atoms with van der Waals surface area (Å²) < 4.78 is 0. The third-order valence-electron chi connectivity index (χ3n) is 1.96. The van der Waals surface area contributed by atoms with Crippen LogP contribution in [0.3, 0.4) is 0 Å². The van der Waals surface area contributed by atoms with E-state index in [4.69, 9.17) is 10.2 Å². The fourth-order valence-electron chi connectivity index (χ4n) is 1.28. The van der Waals surface area contributed by atoms with E-state index in [1.54, 1.807) is 0 Å². The minimum atomic E-state index is -1.57. The van der Waals surface area contributed by atoms with E-state index in [1.165, 1.54) is 0 Å². The predicted molar refractivity (Wildman–Crippen MR) is 43.6 cm³/mol. The molecule has 7 nitrogen and oxygen atoms in total. The second-order valence-electron chi connectivity index (χ2n) is 3.01. The van der Waals surface area contributed by atoms with Crippen LogP contribution in [-0.2, 0) is 14.4 Å². The van der Waals surface area contributed by atoms with E-state index >= 15 is 0 Å². The zero-order chi connectivity index (χ0) is 10.7. The SMILES string of the molecule is O=C(O)C(=O)NC1CN[C@H](C(=O)O)C1. The number of hydrogen-bond acceptors (Lipinski definition) is 4. The van der Waals surface area contributed by atoms with Crippen molar-refractivity contribution < 1.29 is 24.6 Å². The van der Waals surface area contributed by atoms with E-state index in [-0.39, 0.29) is 13.0 Å². The second kappa shape index (κ2) is 4.05. The Hall–Kier alpha value is -1.63. The molecule has 0 aliphatic carbocycles. The van der Waals surface area contributed by atoms with E-state index < -0.39 is 29.9 Å². The van der Waals surface area contributed by atoms with Gasteiger partial charge in [0.1, 0.15) is 6.04 Å². The molecular weight excluding hydrogens is 192 g/mol. The van der Waals surface area contributed by atoms with Crippen molar-refractivity contribution >= 4 is 17.8 Å². The quantitative estimate of drug-likeness (QED) is 0.385. The molecule has 0 aromatic rings. The Morgan fingerprint density at radius 2 is 1.93 bits per heavy atom. The lowest BCUT2D eigenvalue weighted by molar-refractivity contribution is -0.150. The molecule has 1 unspecified atom stereocenters. The summed E-state index contributed by atoms with van der Waals surface area (Å²) >= 11 is 0. The van der Waals surface area contributed by atoms with E-state index in [0.717, 1.165) is 0 Å². The van der Waals surface area contributed by atoms with E-state index in [2.05, 4.69) is 10.6 Å². The number of hydrogen-bond donors (Lipinski definition) is 4. The van der Waals surface area contributed by atoms with Crippen molar-refractivity contribution in [1.82, 2.24) is 10.6 Å². The maximum atomic E-state index is 10.7. The summed E-state index contributed by atoms with van der Waals surface area (Å²) in [4.78, 5) is 31.3. The summed E-state index contributed by atoms with van der Waals surface area (Å²) in [6.07, 6.45) is 0.203. The van der Waals surface area contributed by atoms with Gasteiger partial charge in [-0.25, -0.2) is 4.79 Å². The van der Waals surface area contributed by atoms with Crippen molar-refractivity contribution in [3.05, 3.63) is 0 Å². The average molecular weight is 202 g/mol. The molecule has 1 saturated heterocycles. The monoisotopic (exact) mass is 202 g/mol. The molecule has 4 N–H and O–H groups in total. The molecule has 0 aromatic heterocycles. The van der Waals surface area contributed by atoms with Crippen LogP contribution in [-0.4, -0.2) is 46.7 Å². The van der Waals surface area contributed by atoms with Crippen molar-refractivity contribution in [3.8, 4) is 0 Å². The highest BCUT2D eigenvalue weighted by Gasteiger charge is 2.30. The normalized spacial score (nSPS) is 25.7. The molecule has 0 spiro atoms. The summed E-state index contributed by atoms with van der Waals surface area (Å²) in [6.45, 7) is 0.274. The third kappa shape index (κ3) is 2.43. The Morgan fingerprint density at radius 3 is 2.36 bits per heavy atom. The maximum Gasteiger partial charge on any atom is 0.394 e. The van der Waals surface area contributed by atoms with Crippen molar-refractivity contribution in [2.75, 3.05) is 6.54 Å². The van der Waals surface area contributed by atoms with Crippen molar-refractivity contribution in [1.29, 1.82) is 0 Å². The smallest absolute Gasteiger partial charge is 0.394 e. The number of carbonyl (C=O) groups is 3. The zero-order valence-corrected chi connectivity index (χ0v) is 7.19. The fourth-order valence-corrected chi connectivity index (χ4v) is 1.28. The van der Waals surface area contributed by atoms with Crippen molar-refractivity contribution in [2.24, 2.45) is 0 Å². The van der Waals surface area contributed by atoms with Gasteiger partial charge in [-0.1, -0.05) is 0 Å². The minimum absolute atomic E-state index is 0.203. The fraction of sp³-hybridized carbons (Fsp3) is 0.571. The number of nitrogens with one attached hydrogen (secondary N) is 2. The maximum absolute atomic E-state index is 10.7. The van der Waals surface area contributed by atoms with Crippen molar-refractivity contribution in [2.45, 2.75) is 18.5 Å². The highest BCUT2D eigenvalue weighted by atomic mass is 16.4. The van der Waals surface area contributed by atoms with Gasteiger partial charge in [0.05, 0.1) is 0 Å². The van der Waals surface area contributed by atoms with Crippen LogP contribution in [0.2, 0.25) is 0 Å². The lowest BCUT2D eigenvalue weighted by Gasteiger charge is -2.08. The first kappa shape index (κ1) is 10.5. The Balaban J connectivity index is 2.40. The molecule has 1 heterocycles. The van der Waals surface area contributed by atoms with E-state index in [9.17, 15) is 14.4 Å². The average Bonchev–Trinajstić information content (AvgIpc) is 2.52. The van der Waals surface area contributed by atoms with Gasteiger partial charge < -0.3 is 20.8 Å². The molecular formula is C7H10N2O5. The number of rotatable bonds is 2. The summed E-state index contributed by atoms with van der Waals surface area (Å²) in [6, 6.07) is -1.14. The van der Waals surface area contributed by atoms with Crippen LogP contribution in [0.1, 0.15) is 6.42 Å². The zero-order valence-electron chi connectivity index (χ0n) is 7.19. The Morgan fingerprint density at radius 1 is 1.29 bits per heavy atom. The van der Waals surface area contributed by atoms with Crippen LogP contribution in [0.5, 0.6) is 0 Å².